The third kappa shape index (κ3) is 4.06. The van der Waals surface area contributed by atoms with E-state index in [1.165, 1.54) is 10.6 Å². The third-order valence-corrected chi connectivity index (χ3v) is 5.17. The van der Waals surface area contributed by atoms with Crippen LogP contribution in [0.25, 0.3) is 0 Å². The van der Waals surface area contributed by atoms with E-state index in [-0.39, 0.29) is 17.7 Å². The largest absolute Gasteiger partial charge is 0.369 e. The second kappa shape index (κ2) is 7.66. The lowest BCUT2D eigenvalue weighted by Gasteiger charge is -2.35. The fourth-order valence-electron chi connectivity index (χ4n) is 3.66. The Balaban J connectivity index is 1.47. The standard InChI is InChI=1S/C18H26N4O2/c19-18(24)15-5-4-8-22(13-15)17(23)14-20-9-11-21(12-10-20)16-6-2-1-3-7-16/h1-3,6-7,15H,4-5,8-14H2,(H2,19,24)/p+1/t15-/m0/s1. The fourth-order valence-corrected chi connectivity index (χ4v) is 3.66. The molecule has 2 heterocycles. The summed E-state index contributed by atoms with van der Waals surface area (Å²) in [5.41, 5.74) is 6.65. The molecule has 0 bridgehead atoms. The molecule has 6 heteroatoms. The molecule has 3 rings (SSSR count). The number of hydrogen-bond donors (Lipinski definition) is 2. The fraction of sp³-hybridized carbons (Fsp3) is 0.556. The number of anilines is 1. The van der Waals surface area contributed by atoms with Crippen LogP contribution in [-0.2, 0) is 9.59 Å². The minimum Gasteiger partial charge on any atom is -0.369 e. The van der Waals surface area contributed by atoms with Crippen LogP contribution in [-0.4, -0.2) is 62.5 Å². The molecule has 130 valence electrons. The number of hydrogen-bond acceptors (Lipinski definition) is 3. The van der Waals surface area contributed by atoms with Crippen LogP contribution < -0.4 is 15.5 Å². The van der Waals surface area contributed by atoms with Gasteiger partial charge in [0.25, 0.3) is 5.91 Å². The molecule has 0 spiro atoms. The van der Waals surface area contributed by atoms with Gasteiger partial charge in [0, 0.05) is 18.8 Å². The number of quaternary nitrogens is 1. The Labute approximate surface area is 143 Å². The summed E-state index contributed by atoms with van der Waals surface area (Å²) in [6.45, 7) is 5.65. The second-order valence-corrected chi connectivity index (χ2v) is 6.83. The van der Waals surface area contributed by atoms with Crippen molar-refractivity contribution in [3.63, 3.8) is 0 Å². The Kier molecular flexibility index (Phi) is 5.35. The van der Waals surface area contributed by atoms with E-state index in [1.54, 1.807) is 0 Å². The summed E-state index contributed by atoms with van der Waals surface area (Å²) in [5, 5.41) is 0. The lowest BCUT2D eigenvalue weighted by atomic mass is 9.97. The van der Waals surface area contributed by atoms with Crippen LogP contribution in [0.1, 0.15) is 12.8 Å². The predicted octanol–water partition coefficient (Wildman–Crippen LogP) is -0.885. The Hall–Kier alpha value is -2.08. The summed E-state index contributed by atoms with van der Waals surface area (Å²) in [6, 6.07) is 10.4. The van der Waals surface area contributed by atoms with Gasteiger partial charge in [-0.1, -0.05) is 18.2 Å². The van der Waals surface area contributed by atoms with Crippen LogP contribution in [0.5, 0.6) is 0 Å². The zero-order valence-corrected chi connectivity index (χ0v) is 14.1. The topological polar surface area (TPSA) is 71.1 Å². The first-order valence-electron chi connectivity index (χ1n) is 8.84. The number of carbonyl (C=O) groups is 2. The van der Waals surface area contributed by atoms with Crippen molar-refractivity contribution in [2.24, 2.45) is 11.7 Å². The highest BCUT2D eigenvalue weighted by molar-refractivity contribution is 5.80. The van der Waals surface area contributed by atoms with E-state index in [2.05, 4.69) is 29.2 Å². The quantitative estimate of drug-likeness (QED) is 0.752. The first kappa shape index (κ1) is 16.8. The first-order valence-corrected chi connectivity index (χ1v) is 8.84. The molecule has 6 nitrogen and oxygen atoms in total. The number of carbonyl (C=O) groups excluding carboxylic acids is 2. The van der Waals surface area contributed by atoms with Crippen LogP contribution in [0.3, 0.4) is 0 Å². The van der Waals surface area contributed by atoms with E-state index in [0.717, 1.165) is 45.6 Å². The Bertz CT molecular complexity index is 570. The van der Waals surface area contributed by atoms with Crippen molar-refractivity contribution >= 4 is 17.5 Å². The van der Waals surface area contributed by atoms with Gasteiger partial charge in [-0.3, -0.25) is 9.59 Å². The lowest BCUT2D eigenvalue weighted by Crippen LogP contribution is -3.16. The maximum atomic E-state index is 12.5. The van der Waals surface area contributed by atoms with E-state index in [4.69, 9.17) is 5.73 Å². The van der Waals surface area contributed by atoms with E-state index in [9.17, 15) is 9.59 Å². The molecule has 2 aliphatic rings. The monoisotopic (exact) mass is 331 g/mol. The maximum Gasteiger partial charge on any atom is 0.277 e. The van der Waals surface area contributed by atoms with Crippen molar-refractivity contribution in [2.45, 2.75) is 12.8 Å². The van der Waals surface area contributed by atoms with Crippen LogP contribution in [0.15, 0.2) is 30.3 Å². The number of nitrogens with one attached hydrogen (secondary N) is 1. The van der Waals surface area contributed by atoms with Crippen molar-refractivity contribution in [1.82, 2.24) is 4.90 Å². The van der Waals surface area contributed by atoms with Crippen LogP contribution >= 0.6 is 0 Å². The minimum atomic E-state index is -0.281. The molecular weight excluding hydrogens is 304 g/mol. The van der Waals surface area contributed by atoms with Gasteiger partial charge in [0.1, 0.15) is 0 Å². The number of amides is 2. The Morgan fingerprint density at radius 1 is 1.12 bits per heavy atom. The minimum absolute atomic E-state index is 0.157. The molecule has 0 aliphatic carbocycles. The lowest BCUT2D eigenvalue weighted by molar-refractivity contribution is -0.892. The highest BCUT2D eigenvalue weighted by Gasteiger charge is 2.30. The second-order valence-electron chi connectivity index (χ2n) is 6.83. The molecule has 1 aromatic rings. The van der Waals surface area contributed by atoms with Crippen molar-refractivity contribution in [3.05, 3.63) is 30.3 Å². The van der Waals surface area contributed by atoms with Gasteiger partial charge in [-0.15, -0.1) is 0 Å². The average Bonchev–Trinajstić information content (AvgIpc) is 2.63. The molecular formula is C18H27N4O2+. The Morgan fingerprint density at radius 3 is 2.50 bits per heavy atom. The first-order chi connectivity index (χ1) is 11.6. The third-order valence-electron chi connectivity index (χ3n) is 5.17. The zero-order valence-electron chi connectivity index (χ0n) is 14.1. The molecule has 0 radical (unpaired) electrons. The average molecular weight is 331 g/mol. The SMILES string of the molecule is NC(=O)[C@H]1CCCN(C(=O)C[NH+]2CCN(c3ccccc3)CC2)C1. The molecule has 3 N–H and O–H groups in total. The molecule has 1 aromatic carbocycles. The summed E-state index contributed by atoms with van der Waals surface area (Å²) < 4.78 is 0. The van der Waals surface area contributed by atoms with Crippen LogP contribution in [0.2, 0.25) is 0 Å². The number of rotatable bonds is 4. The number of para-hydroxylation sites is 1. The summed E-state index contributed by atoms with van der Waals surface area (Å²) in [6.07, 6.45) is 1.68. The van der Waals surface area contributed by atoms with Gasteiger partial charge in [-0.05, 0) is 25.0 Å². The van der Waals surface area contributed by atoms with E-state index in [0.29, 0.717) is 13.1 Å². The van der Waals surface area contributed by atoms with Gasteiger partial charge < -0.3 is 20.4 Å². The van der Waals surface area contributed by atoms with Gasteiger partial charge in [-0.2, -0.15) is 0 Å². The molecule has 0 aromatic heterocycles. The molecule has 1 atom stereocenters. The molecule has 24 heavy (non-hydrogen) atoms. The van der Waals surface area contributed by atoms with Crippen molar-refractivity contribution in [3.8, 4) is 0 Å². The van der Waals surface area contributed by atoms with Gasteiger partial charge >= 0.3 is 0 Å². The summed E-state index contributed by atoms with van der Waals surface area (Å²) >= 11 is 0. The Morgan fingerprint density at radius 2 is 1.83 bits per heavy atom. The predicted molar refractivity (Wildman–Crippen MR) is 92.7 cm³/mol. The van der Waals surface area contributed by atoms with Crippen LogP contribution in [0, 0.1) is 5.92 Å². The summed E-state index contributed by atoms with van der Waals surface area (Å²) in [5.74, 6) is -0.298. The van der Waals surface area contributed by atoms with E-state index in [1.807, 2.05) is 11.0 Å². The summed E-state index contributed by atoms with van der Waals surface area (Å²) in [4.78, 5) is 29.4. The van der Waals surface area contributed by atoms with E-state index >= 15 is 0 Å². The molecule has 2 amide bonds. The summed E-state index contributed by atoms with van der Waals surface area (Å²) in [7, 11) is 0. The maximum absolute atomic E-state index is 12.5. The molecule has 2 aliphatic heterocycles. The van der Waals surface area contributed by atoms with E-state index < -0.39 is 0 Å². The molecule has 0 saturated carbocycles. The number of primary amides is 1. The smallest absolute Gasteiger partial charge is 0.277 e. The molecule has 2 fully saturated rings. The van der Waals surface area contributed by atoms with Gasteiger partial charge in [0.15, 0.2) is 6.54 Å². The molecule has 0 unspecified atom stereocenters. The number of piperidine rings is 1. The number of likely N-dealkylation sites (tertiary alicyclic amines) is 1. The normalized spacial score (nSPS) is 22.4. The van der Waals surface area contributed by atoms with Crippen LogP contribution in [0.4, 0.5) is 5.69 Å². The highest BCUT2D eigenvalue weighted by Crippen LogP contribution is 2.16. The van der Waals surface area contributed by atoms with Gasteiger partial charge in [0.2, 0.25) is 5.91 Å². The highest BCUT2D eigenvalue weighted by atomic mass is 16.2. The zero-order chi connectivity index (χ0) is 16.9. The number of nitrogens with zero attached hydrogens (tertiary/aromatic N) is 2. The molecule has 2 saturated heterocycles. The number of benzene rings is 1. The van der Waals surface area contributed by atoms with Crippen molar-refractivity contribution < 1.29 is 14.5 Å². The number of nitrogens with two attached hydrogens (primary N) is 1. The van der Waals surface area contributed by atoms with Crippen molar-refractivity contribution in [1.29, 1.82) is 0 Å². The van der Waals surface area contributed by atoms with Crippen molar-refractivity contribution in [2.75, 3.05) is 50.7 Å². The number of piperazine rings is 1. The van der Waals surface area contributed by atoms with Gasteiger partial charge in [-0.25, -0.2) is 0 Å². The van der Waals surface area contributed by atoms with Gasteiger partial charge in [0.05, 0.1) is 32.1 Å².